The number of nitrogens with one attached hydrogen (secondary N) is 2. The molecule has 0 unspecified atom stereocenters. The number of carbonyl (C=O) groups excluding carboxylic acids is 2. The first kappa shape index (κ1) is 18.0. The first-order valence-electron chi connectivity index (χ1n) is 8.29. The molecular weight excluding hydrogens is 352 g/mol. The van der Waals surface area contributed by atoms with E-state index in [0.29, 0.717) is 22.0 Å². The highest BCUT2D eigenvalue weighted by molar-refractivity contribution is 6.34. The molecule has 6 heteroatoms. The highest BCUT2D eigenvalue weighted by Crippen LogP contribution is 2.24. The van der Waals surface area contributed by atoms with Crippen molar-refractivity contribution in [1.29, 1.82) is 0 Å². The van der Waals surface area contributed by atoms with Crippen LogP contribution in [0.3, 0.4) is 0 Å². The van der Waals surface area contributed by atoms with Gasteiger partial charge in [0.25, 0.3) is 5.91 Å². The Morgan fingerprint density at radius 1 is 1.19 bits per heavy atom. The maximum absolute atomic E-state index is 12.1. The topological polar surface area (TPSA) is 67.4 Å². The van der Waals surface area contributed by atoms with Crippen LogP contribution in [0.1, 0.15) is 28.8 Å². The zero-order valence-corrected chi connectivity index (χ0v) is 15.0. The Morgan fingerprint density at radius 3 is 2.65 bits per heavy atom. The van der Waals surface area contributed by atoms with Gasteiger partial charge in [0.05, 0.1) is 17.7 Å². The van der Waals surface area contributed by atoms with Crippen molar-refractivity contribution in [1.82, 2.24) is 5.32 Å². The van der Waals surface area contributed by atoms with Crippen LogP contribution in [0.15, 0.2) is 48.5 Å². The number of anilines is 1. The Hall–Kier alpha value is -2.79. The fourth-order valence-electron chi connectivity index (χ4n) is 2.42. The molecule has 2 aromatic rings. The molecule has 26 heavy (non-hydrogen) atoms. The average Bonchev–Trinajstić information content (AvgIpc) is 3.44. The molecule has 2 aromatic carbocycles. The van der Waals surface area contributed by atoms with E-state index < -0.39 is 0 Å². The molecule has 1 saturated carbocycles. The number of methoxy groups -OCH3 is 1. The van der Waals surface area contributed by atoms with Crippen LogP contribution >= 0.6 is 11.6 Å². The summed E-state index contributed by atoms with van der Waals surface area (Å²) < 4.78 is 5.24. The second-order valence-electron chi connectivity index (χ2n) is 6.01. The van der Waals surface area contributed by atoms with Gasteiger partial charge >= 0.3 is 0 Å². The minimum atomic E-state index is -0.304. The molecule has 5 nitrogen and oxygen atoms in total. The van der Waals surface area contributed by atoms with Gasteiger partial charge in [-0.25, -0.2) is 0 Å². The summed E-state index contributed by atoms with van der Waals surface area (Å²) in [6, 6.07) is 12.5. The first-order chi connectivity index (χ1) is 12.6. The number of ether oxygens (including phenoxy) is 1. The first-order valence-corrected chi connectivity index (χ1v) is 8.67. The van der Waals surface area contributed by atoms with Crippen molar-refractivity contribution in [3.05, 3.63) is 64.7 Å². The zero-order valence-electron chi connectivity index (χ0n) is 14.3. The lowest BCUT2D eigenvalue weighted by atomic mass is 10.1. The fraction of sp³-hybridized carbons (Fsp3) is 0.200. The second kappa shape index (κ2) is 8.06. The quantitative estimate of drug-likeness (QED) is 0.758. The van der Waals surface area contributed by atoms with E-state index in [1.807, 2.05) is 24.3 Å². The van der Waals surface area contributed by atoms with Gasteiger partial charge in [-0.15, -0.1) is 0 Å². The largest absolute Gasteiger partial charge is 0.496 e. The van der Waals surface area contributed by atoms with Gasteiger partial charge in [0.1, 0.15) is 5.75 Å². The van der Waals surface area contributed by atoms with Crippen molar-refractivity contribution in [2.24, 2.45) is 0 Å². The third-order valence-corrected chi connectivity index (χ3v) is 4.26. The van der Waals surface area contributed by atoms with Crippen LogP contribution in [0.25, 0.3) is 6.08 Å². The van der Waals surface area contributed by atoms with Crippen molar-refractivity contribution >= 4 is 35.2 Å². The molecule has 3 rings (SSSR count). The van der Waals surface area contributed by atoms with Crippen LogP contribution in [0, 0.1) is 0 Å². The predicted molar refractivity (Wildman–Crippen MR) is 103 cm³/mol. The summed E-state index contributed by atoms with van der Waals surface area (Å²) in [6.07, 6.45) is 5.11. The van der Waals surface area contributed by atoms with Crippen LogP contribution in [0.2, 0.25) is 5.02 Å². The summed E-state index contributed by atoms with van der Waals surface area (Å²) in [7, 11) is 1.58. The van der Waals surface area contributed by atoms with E-state index in [9.17, 15) is 9.59 Å². The lowest BCUT2D eigenvalue weighted by Crippen LogP contribution is -2.25. The van der Waals surface area contributed by atoms with Crippen LogP contribution in [-0.2, 0) is 4.79 Å². The molecule has 1 aliphatic carbocycles. The van der Waals surface area contributed by atoms with E-state index >= 15 is 0 Å². The molecule has 0 radical (unpaired) electrons. The van der Waals surface area contributed by atoms with Crippen molar-refractivity contribution < 1.29 is 14.3 Å². The lowest BCUT2D eigenvalue weighted by molar-refractivity contribution is -0.111. The summed E-state index contributed by atoms with van der Waals surface area (Å²) in [6.45, 7) is 0. The Balaban J connectivity index is 1.64. The molecule has 1 fully saturated rings. The SMILES string of the molecule is COc1ccccc1/C=C/C(=O)Nc1ccc(C(=O)NC2CC2)c(Cl)c1. The Labute approximate surface area is 157 Å². The summed E-state index contributed by atoms with van der Waals surface area (Å²) >= 11 is 6.18. The second-order valence-corrected chi connectivity index (χ2v) is 6.41. The Kier molecular flexibility index (Phi) is 5.58. The molecule has 0 heterocycles. The number of hydrogen-bond donors (Lipinski definition) is 2. The minimum Gasteiger partial charge on any atom is -0.496 e. The predicted octanol–water partition coefficient (Wildman–Crippen LogP) is 3.89. The molecule has 2 amide bonds. The number of para-hydroxylation sites is 1. The van der Waals surface area contributed by atoms with Crippen molar-refractivity contribution in [2.45, 2.75) is 18.9 Å². The van der Waals surface area contributed by atoms with Crippen LogP contribution in [-0.4, -0.2) is 25.0 Å². The van der Waals surface area contributed by atoms with Crippen LogP contribution in [0.5, 0.6) is 5.75 Å². The van der Waals surface area contributed by atoms with Crippen molar-refractivity contribution in [3.8, 4) is 5.75 Å². The highest BCUT2D eigenvalue weighted by atomic mass is 35.5. The van der Waals surface area contributed by atoms with Gasteiger partial charge in [0, 0.05) is 23.4 Å². The van der Waals surface area contributed by atoms with Gasteiger partial charge in [0.2, 0.25) is 5.91 Å². The summed E-state index contributed by atoms with van der Waals surface area (Å²) in [5, 5.41) is 5.91. The molecular formula is C20H19ClN2O3. The monoisotopic (exact) mass is 370 g/mol. The molecule has 1 aliphatic rings. The fourth-order valence-corrected chi connectivity index (χ4v) is 2.69. The Morgan fingerprint density at radius 2 is 1.96 bits per heavy atom. The minimum absolute atomic E-state index is 0.188. The van der Waals surface area contributed by atoms with Gasteiger partial charge < -0.3 is 15.4 Å². The molecule has 0 saturated heterocycles. The number of rotatable bonds is 6. The van der Waals surface area contributed by atoms with E-state index in [1.54, 1.807) is 31.4 Å². The van der Waals surface area contributed by atoms with Gasteiger partial charge in [-0.05, 0) is 43.2 Å². The van der Waals surface area contributed by atoms with Crippen molar-refractivity contribution in [2.75, 3.05) is 12.4 Å². The number of amides is 2. The molecule has 0 spiro atoms. The molecule has 2 N–H and O–H groups in total. The van der Waals surface area contributed by atoms with E-state index in [-0.39, 0.29) is 17.9 Å². The smallest absolute Gasteiger partial charge is 0.253 e. The van der Waals surface area contributed by atoms with E-state index in [2.05, 4.69) is 10.6 Å². The number of benzene rings is 2. The standard InChI is InChI=1S/C20H19ClN2O3/c1-26-18-5-3-2-4-13(18)6-11-19(24)22-15-9-10-16(17(21)12-15)20(25)23-14-7-8-14/h2-6,9-12,14H,7-8H2,1H3,(H,22,24)(H,23,25)/b11-6+. The molecule has 0 aliphatic heterocycles. The van der Waals surface area contributed by atoms with Crippen LogP contribution < -0.4 is 15.4 Å². The van der Waals surface area contributed by atoms with Gasteiger partial charge in [-0.3, -0.25) is 9.59 Å². The maximum Gasteiger partial charge on any atom is 0.253 e. The molecule has 134 valence electrons. The molecule has 0 aromatic heterocycles. The number of carbonyl (C=O) groups is 2. The van der Waals surface area contributed by atoms with Crippen molar-refractivity contribution in [3.63, 3.8) is 0 Å². The third-order valence-electron chi connectivity index (χ3n) is 3.95. The molecule has 0 bridgehead atoms. The van der Waals surface area contributed by atoms with Gasteiger partial charge in [0.15, 0.2) is 0 Å². The zero-order chi connectivity index (χ0) is 18.5. The lowest BCUT2D eigenvalue weighted by Gasteiger charge is -2.08. The van der Waals surface area contributed by atoms with Crippen LogP contribution in [0.4, 0.5) is 5.69 Å². The maximum atomic E-state index is 12.1. The normalized spacial score (nSPS) is 13.5. The van der Waals surface area contributed by atoms with Gasteiger partial charge in [-0.2, -0.15) is 0 Å². The Bertz CT molecular complexity index is 860. The summed E-state index contributed by atoms with van der Waals surface area (Å²) in [5.41, 5.74) is 1.73. The third kappa shape index (κ3) is 4.64. The number of halogens is 1. The molecule has 0 atom stereocenters. The summed E-state index contributed by atoms with van der Waals surface area (Å²) in [4.78, 5) is 24.2. The summed E-state index contributed by atoms with van der Waals surface area (Å²) in [5.74, 6) is 0.194. The highest BCUT2D eigenvalue weighted by Gasteiger charge is 2.24. The van der Waals surface area contributed by atoms with E-state index in [4.69, 9.17) is 16.3 Å². The number of hydrogen-bond acceptors (Lipinski definition) is 3. The van der Waals surface area contributed by atoms with E-state index in [1.165, 1.54) is 6.08 Å². The average molecular weight is 371 g/mol. The van der Waals surface area contributed by atoms with Gasteiger partial charge in [-0.1, -0.05) is 29.8 Å². The van der Waals surface area contributed by atoms with E-state index in [0.717, 1.165) is 18.4 Å².